The first-order valence-electron chi connectivity index (χ1n) is 3.37. The number of nitrogens with zero attached hydrogens (tertiary/aromatic N) is 1. The molecule has 0 aliphatic carbocycles. The number of halogens is 2. The summed E-state index contributed by atoms with van der Waals surface area (Å²) >= 11 is 0. The van der Waals surface area contributed by atoms with Crippen LogP contribution >= 0.6 is 0 Å². The summed E-state index contributed by atoms with van der Waals surface area (Å²) in [6.45, 7) is 3.17. The first-order chi connectivity index (χ1) is 5.02. The van der Waals surface area contributed by atoms with Gasteiger partial charge in [-0.1, -0.05) is 0 Å². The maximum Gasteiger partial charge on any atom is 0.257 e. The maximum absolute atomic E-state index is 11.5. The van der Waals surface area contributed by atoms with Gasteiger partial charge >= 0.3 is 0 Å². The minimum absolute atomic E-state index is 0.0697. The molecule has 0 aliphatic heterocycles. The van der Waals surface area contributed by atoms with Crippen molar-refractivity contribution in [3.63, 3.8) is 0 Å². The maximum atomic E-state index is 11.5. The molecule has 0 atom stereocenters. The zero-order chi connectivity index (χ0) is 8.85. The fourth-order valence-electron chi connectivity index (χ4n) is 0.509. The summed E-state index contributed by atoms with van der Waals surface area (Å²) in [6, 6.07) is 0.122. The summed E-state index contributed by atoms with van der Waals surface area (Å²) in [5.41, 5.74) is 5.23. The van der Waals surface area contributed by atoms with Crippen molar-refractivity contribution in [3.05, 3.63) is 0 Å². The lowest BCUT2D eigenvalue weighted by Crippen LogP contribution is -2.37. The smallest absolute Gasteiger partial charge is 0.257 e. The molecule has 0 bridgehead atoms. The van der Waals surface area contributed by atoms with Gasteiger partial charge in [-0.25, -0.2) is 13.8 Å². The molecule has 0 rings (SSSR count). The van der Waals surface area contributed by atoms with E-state index >= 15 is 0 Å². The van der Waals surface area contributed by atoms with Crippen LogP contribution in [0.1, 0.15) is 13.8 Å². The van der Waals surface area contributed by atoms with Crippen LogP contribution in [0.25, 0.3) is 0 Å². The van der Waals surface area contributed by atoms with Gasteiger partial charge in [-0.15, -0.1) is 0 Å². The zero-order valence-electron chi connectivity index (χ0n) is 6.64. The molecular weight excluding hydrogens is 152 g/mol. The minimum Gasteiger partial charge on any atom is -0.370 e. The highest BCUT2D eigenvalue weighted by atomic mass is 19.3. The van der Waals surface area contributed by atoms with E-state index in [1.165, 1.54) is 0 Å². The molecule has 0 radical (unpaired) electrons. The van der Waals surface area contributed by atoms with Crippen molar-refractivity contribution in [2.45, 2.75) is 26.3 Å². The second-order valence-electron chi connectivity index (χ2n) is 2.42. The SMILES string of the molecule is CC(C)NC(N)=NCC(F)F. The Hall–Kier alpha value is -0.870. The standard InChI is InChI=1S/C6H13F2N3/c1-4(2)11-6(9)10-3-5(7)8/h4-5H,3H2,1-2H3,(H3,9,10,11). The molecule has 3 N–H and O–H groups in total. The van der Waals surface area contributed by atoms with Gasteiger partial charge in [0.05, 0.1) is 0 Å². The normalized spacial score (nSPS) is 12.7. The van der Waals surface area contributed by atoms with Gasteiger partial charge in [0.15, 0.2) is 5.96 Å². The van der Waals surface area contributed by atoms with Crippen LogP contribution in [0.4, 0.5) is 8.78 Å². The Morgan fingerprint density at radius 2 is 2.09 bits per heavy atom. The number of aliphatic imine (C=N–C) groups is 1. The molecule has 0 saturated carbocycles. The van der Waals surface area contributed by atoms with Crippen molar-refractivity contribution in [1.29, 1.82) is 0 Å². The number of guanidine groups is 1. The van der Waals surface area contributed by atoms with Gasteiger partial charge in [0.2, 0.25) is 0 Å². The second-order valence-corrected chi connectivity index (χ2v) is 2.42. The predicted octanol–water partition coefficient (Wildman–Crippen LogP) is 0.564. The molecule has 0 aromatic heterocycles. The fraction of sp³-hybridized carbons (Fsp3) is 0.833. The van der Waals surface area contributed by atoms with E-state index in [4.69, 9.17) is 5.73 Å². The lowest BCUT2D eigenvalue weighted by Gasteiger charge is -2.07. The van der Waals surface area contributed by atoms with Gasteiger partial charge in [0.25, 0.3) is 6.43 Å². The van der Waals surface area contributed by atoms with E-state index in [1.807, 2.05) is 13.8 Å². The zero-order valence-corrected chi connectivity index (χ0v) is 6.64. The Kier molecular flexibility index (Phi) is 4.49. The van der Waals surface area contributed by atoms with Gasteiger partial charge in [0.1, 0.15) is 6.54 Å². The second kappa shape index (κ2) is 4.87. The van der Waals surface area contributed by atoms with Crippen molar-refractivity contribution in [2.24, 2.45) is 10.7 Å². The predicted molar refractivity (Wildman–Crippen MR) is 40.8 cm³/mol. The van der Waals surface area contributed by atoms with Crippen LogP contribution in [-0.2, 0) is 0 Å². The molecule has 0 aromatic carbocycles. The Labute approximate surface area is 64.7 Å². The van der Waals surface area contributed by atoms with Crippen LogP contribution in [0.2, 0.25) is 0 Å². The number of hydrogen-bond donors (Lipinski definition) is 2. The third kappa shape index (κ3) is 7.02. The molecule has 0 fully saturated rings. The van der Waals surface area contributed by atoms with Gasteiger partial charge in [-0.2, -0.15) is 0 Å². The molecule has 0 aliphatic rings. The summed E-state index contributed by atoms with van der Waals surface area (Å²) in [4.78, 5) is 3.40. The lowest BCUT2D eigenvalue weighted by atomic mass is 10.4. The third-order valence-electron chi connectivity index (χ3n) is 0.836. The van der Waals surface area contributed by atoms with Gasteiger partial charge in [-0.3, -0.25) is 0 Å². The highest BCUT2D eigenvalue weighted by Crippen LogP contribution is 1.90. The van der Waals surface area contributed by atoms with E-state index in [9.17, 15) is 8.78 Å². The van der Waals surface area contributed by atoms with Crippen molar-refractivity contribution in [1.82, 2.24) is 5.32 Å². The first-order valence-corrected chi connectivity index (χ1v) is 3.37. The average Bonchev–Trinajstić information content (AvgIpc) is 1.82. The van der Waals surface area contributed by atoms with Crippen LogP contribution < -0.4 is 11.1 Å². The van der Waals surface area contributed by atoms with Crippen molar-refractivity contribution < 1.29 is 8.78 Å². The molecule has 11 heavy (non-hydrogen) atoms. The molecular formula is C6H13F2N3. The van der Waals surface area contributed by atoms with Gasteiger partial charge in [-0.05, 0) is 13.8 Å². The summed E-state index contributed by atoms with van der Waals surface area (Å²) in [5.74, 6) is 0.0697. The summed E-state index contributed by atoms with van der Waals surface area (Å²) < 4.78 is 23.1. The van der Waals surface area contributed by atoms with Crippen LogP contribution in [-0.4, -0.2) is 25.0 Å². The Morgan fingerprint density at radius 1 is 1.55 bits per heavy atom. The molecule has 5 heteroatoms. The summed E-state index contributed by atoms with van der Waals surface area (Å²) in [6.07, 6.45) is -2.43. The molecule has 0 saturated heterocycles. The van der Waals surface area contributed by atoms with E-state index in [0.717, 1.165) is 0 Å². The number of rotatable bonds is 3. The van der Waals surface area contributed by atoms with E-state index in [2.05, 4.69) is 10.3 Å². The van der Waals surface area contributed by atoms with E-state index < -0.39 is 13.0 Å². The molecule has 0 spiro atoms. The Morgan fingerprint density at radius 3 is 2.45 bits per heavy atom. The number of alkyl halides is 2. The molecule has 3 nitrogen and oxygen atoms in total. The third-order valence-corrected chi connectivity index (χ3v) is 0.836. The molecule has 0 heterocycles. The molecule has 66 valence electrons. The van der Waals surface area contributed by atoms with E-state index in [0.29, 0.717) is 0 Å². The Balaban J connectivity index is 3.63. The van der Waals surface area contributed by atoms with Crippen LogP contribution in [0.15, 0.2) is 4.99 Å². The molecule has 0 aromatic rings. The quantitative estimate of drug-likeness (QED) is 0.474. The number of nitrogens with two attached hydrogens (primary N) is 1. The number of hydrogen-bond acceptors (Lipinski definition) is 1. The van der Waals surface area contributed by atoms with Crippen LogP contribution in [0.5, 0.6) is 0 Å². The highest BCUT2D eigenvalue weighted by Gasteiger charge is 2.00. The van der Waals surface area contributed by atoms with Crippen molar-refractivity contribution in [2.75, 3.05) is 6.54 Å². The molecule has 0 unspecified atom stereocenters. The average molecular weight is 165 g/mol. The minimum atomic E-state index is -2.43. The van der Waals surface area contributed by atoms with Gasteiger partial charge in [0, 0.05) is 6.04 Å². The van der Waals surface area contributed by atoms with E-state index in [-0.39, 0.29) is 12.0 Å². The van der Waals surface area contributed by atoms with Crippen LogP contribution in [0, 0.1) is 0 Å². The largest absolute Gasteiger partial charge is 0.370 e. The fourth-order valence-corrected chi connectivity index (χ4v) is 0.509. The highest BCUT2D eigenvalue weighted by molar-refractivity contribution is 5.78. The lowest BCUT2D eigenvalue weighted by molar-refractivity contribution is 0.158. The monoisotopic (exact) mass is 165 g/mol. The van der Waals surface area contributed by atoms with Crippen molar-refractivity contribution >= 4 is 5.96 Å². The summed E-state index contributed by atoms with van der Waals surface area (Å²) in [5, 5.41) is 2.69. The molecule has 0 amide bonds. The van der Waals surface area contributed by atoms with E-state index in [1.54, 1.807) is 0 Å². The van der Waals surface area contributed by atoms with Crippen molar-refractivity contribution in [3.8, 4) is 0 Å². The van der Waals surface area contributed by atoms with Gasteiger partial charge < -0.3 is 11.1 Å². The summed E-state index contributed by atoms with van der Waals surface area (Å²) in [7, 11) is 0. The Bertz CT molecular complexity index is 134. The topological polar surface area (TPSA) is 50.4 Å². The number of nitrogens with one attached hydrogen (secondary N) is 1. The van der Waals surface area contributed by atoms with Crippen LogP contribution in [0.3, 0.4) is 0 Å². The first kappa shape index (κ1) is 10.1.